The highest BCUT2D eigenvalue weighted by molar-refractivity contribution is 7.99. The van der Waals surface area contributed by atoms with Crippen LogP contribution in [0, 0.1) is 0 Å². The minimum atomic E-state index is -4.50. The first kappa shape index (κ1) is 22.9. The summed E-state index contributed by atoms with van der Waals surface area (Å²) in [6.45, 7) is 0. The Labute approximate surface area is 184 Å². The molecule has 0 radical (unpaired) electrons. The summed E-state index contributed by atoms with van der Waals surface area (Å²) in [5.74, 6) is 6.04. The first-order valence-electron chi connectivity index (χ1n) is 9.00. The maximum absolute atomic E-state index is 12.8. The second kappa shape index (κ2) is 10.0. The molecule has 0 aliphatic rings. The van der Waals surface area contributed by atoms with Crippen molar-refractivity contribution < 1.29 is 22.7 Å². The lowest BCUT2D eigenvalue weighted by Gasteiger charge is -2.09. The van der Waals surface area contributed by atoms with Crippen molar-refractivity contribution in [3.8, 4) is 5.75 Å². The van der Waals surface area contributed by atoms with E-state index in [-0.39, 0.29) is 22.5 Å². The van der Waals surface area contributed by atoms with Crippen LogP contribution in [-0.4, -0.2) is 39.9 Å². The van der Waals surface area contributed by atoms with E-state index in [0.29, 0.717) is 5.75 Å². The summed E-state index contributed by atoms with van der Waals surface area (Å²) in [6.07, 6.45) is -2.96. The molecule has 1 aromatic heterocycles. The number of carbonyl (C=O) groups is 1. The van der Waals surface area contributed by atoms with Gasteiger partial charge < -0.3 is 15.9 Å². The molecule has 0 atom stereocenters. The number of hydrogen-bond acceptors (Lipinski definition) is 8. The fourth-order valence-corrected chi connectivity index (χ4v) is 3.10. The van der Waals surface area contributed by atoms with Gasteiger partial charge >= 0.3 is 6.18 Å². The molecule has 0 aliphatic carbocycles. The Balaban J connectivity index is 1.54. The Hall–Kier alpha value is -3.74. The van der Waals surface area contributed by atoms with Gasteiger partial charge in [-0.2, -0.15) is 18.3 Å². The highest BCUT2D eigenvalue weighted by Crippen LogP contribution is 2.30. The summed E-state index contributed by atoms with van der Waals surface area (Å²) < 4.78 is 44.5. The van der Waals surface area contributed by atoms with Crippen LogP contribution in [0.2, 0.25) is 0 Å². The van der Waals surface area contributed by atoms with E-state index in [0.717, 1.165) is 34.1 Å². The van der Waals surface area contributed by atoms with Gasteiger partial charge in [0.15, 0.2) is 0 Å². The average Bonchev–Trinajstić information content (AvgIpc) is 3.11. The number of nitrogens with one attached hydrogen (secondary N) is 2. The third-order valence-electron chi connectivity index (χ3n) is 3.94. The molecule has 0 saturated heterocycles. The van der Waals surface area contributed by atoms with E-state index in [9.17, 15) is 18.0 Å². The molecule has 0 bridgehead atoms. The number of methoxy groups -OCH3 is 1. The number of nitrogens with zero attached hydrogens (tertiary/aromatic N) is 4. The maximum atomic E-state index is 12.8. The van der Waals surface area contributed by atoms with E-state index < -0.39 is 17.6 Å². The number of amides is 1. The molecule has 3 rings (SSSR count). The number of carbonyl (C=O) groups excluding carboxylic acids is 1. The number of hydrazone groups is 1. The highest BCUT2D eigenvalue weighted by Gasteiger charge is 2.30. The monoisotopic (exact) mass is 465 g/mol. The molecular weight excluding hydrogens is 447 g/mol. The maximum Gasteiger partial charge on any atom is 0.416 e. The van der Waals surface area contributed by atoms with Crippen LogP contribution < -0.4 is 21.3 Å². The van der Waals surface area contributed by atoms with Gasteiger partial charge in [0.25, 0.3) is 5.95 Å². The number of anilines is 2. The van der Waals surface area contributed by atoms with E-state index >= 15 is 0 Å². The van der Waals surface area contributed by atoms with Crippen LogP contribution in [0.1, 0.15) is 11.1 Å². The molecule has 4 N–H and O–H groups in total. The minimum absolute atomic E-state index is 0.0360. The summed E-state index contributed by atoms with van der Waals surface area (Å²) >= 11 is 0.961. The third kappa shape index (κ3) is 6.14. The van der Waals surface area contributed by atoms with E-state index in [1.54, 1.807) is 19.2 Å². The lowest BCUT2D eigenvalue weighted by Crippen LogP contribution is -2.17. The number of benzene rings is 2. The number of halogens is 3. The van der Waals surface area contributed by atoms with E-state index in [4.69, 9.17) is 10.6 Å². The van der Waals surface area contributed by atoms with E-state index in [1.165, 1.54) is 18.3 Å². The topological polar surface area (TPSA) is 119 Å². The number of rotatable bonds is 8. The summed E-state index contributed by atoms with van der Waals surface area (Å²) in [6, 6.07) is 11.6. The fraction of sp³-hybridized carbons (Fsp3) is 0.158. The van der Waals surface area contributed by atoms with Crippen molar-refractivity contribution in [3.63, 3.8) is 0 Å². The molecule has 13 heteroatoms. The van der Waals surface area contributed by atoms with Crippen LogP contribution in [0.3, 0.4) is 0 Å². The second-order valence-corrected chi connectivity index (χ2v) is 7.18. The van der Waals surface area contributed by atoms with Crippen molar-refractivity contribution in [3.05, 3.63) is 59.7 Å². The largest absolute Gasteiger partial charge is 0.497 e. The number of nitrogen functional groups attached to an aromatic ring is 1. The summed E-state index contributed by atoms with van der Waals surface area (Å²) in [4.78, 5) is 12.1. The van der Waals surface area contributed by atoms with Crippen LogP contribution in [0.4, 0.5) is 24.8 Å². The Morgan fingerprint density at radius 2 is 2.03 bits per heavy atom. The molecule has 0 unspecified atom stereocenters. The lowest BCUT2D eigenvalue weighted by atomic mass is 10.2. The van der Waals surface area contributed by atoms with Crippen molar-refractivity contribution >= 4 is 35.5 Å². The van der Waals surface area contributed by atoms with Gasteiger partial charge in [0.1, 0.15) is 5.75 Å². The van der Waals surface area contributed by atoms with Crippen LogP contribution in [0.5, 0.6) is 5.75 Å². The highest BCUT2D eigenvalue weighted by atomic mass is 32.2. The Morgan fingerprint density at radius 1 is 1.25 bits per heavy atom. The molecule has 1 heterocycles. The fourth-order valence-electron chi connectivity index (χ4n) is 2.44. The standard InChI is InChI=1S/C19H18F3N7O2S/c1-31-15-7-2-4-12(8-15)10-24-26-17-27-28-18(29(17)23)32-11-16(30)25-14-6-3-5-13(9-14)19(20,21)22/h2-10H,11,23H2,1H3,(H,25,30)(H,26,27)/b24-10+. The molecule has 2 aromatic carbocycles. The predicted octanol–water partition coefficient (Wildman–Crippen LogP) is 3.20. The Kier molecular flexibility index (Phi) is 7.20. The lowest BCUT2D eigenvalue weighted by molar-refractivity contribution is -0.137. The Bertz CT molecular complexity index is 1120. The van der Waals surface area contributed by atoms with Crippen molar-refractivity contribution in [2.24, 2.45) is 5.10 Å². The van der Waals surface area contributed by atoms with Crippen molar-refractivity contribution in [2.75, 3.05) is 29.4 Å². The zero-order valence-electron chi connectivity index (χ0n) is 16.6. The van der Waals surface area contributed by atoms with Crippen LogP contribution >= 0.6 is 11.8 Å². The third-order valence-corrected chi connectivity index (χ3v) is 4.89. The van der Waals surface area contributed by atoms with Gasteiger partial charge in [-0.15, -0.1) is 10.2 Å². The number of nitrogens with two attached hydrogens (primary N) is 1. The number of alkyl halides is 3. The van der Waals surface area contributed by atoms with Gasteiger partial charge in [0.2, 0.25) is 11.1 Å². The molecule has 0 fully saturated rings. The van der Waals surface area contributed by atoms with E-state index in [1.807, 2.05) is 12.1 Å². The zero-order valence-corrected chi connectivity index (χ0v) is 17.4. The number of ether oxygens (including phenoxy) is 1. The van der Waals surface area contributed by atoms with Crippen LogP contribution in [-0.2, 0) is 11.0 Å². The van der Waals surface area contributed by atoms with Gasteiger partial charge in [-0.05, 0) is 35.9 Å². The van der Waals surface area contributed by atoms with Gasteiger partial charge in [0.05, 0.1) is 24.6 Å². The van der Waals surface area contributed by atoms with Crippen molar-refractivity contribution in [2.45, 2.75) is 11.3 Å². The van der Waals surface area contributed by atoms with Gasteiger partial charge in [-0.25, -0.2) is 10.1 Å². The molecule has 0 saturated carbocycles. The average molecular weight is 465 g/mol. The summed E-state index contributed by atoms with van der Waals surface area (Å²) in [5.41, 5.74) is 2.60. The molecule has 9 nitrogen and oxygen atoms in total. The van der Waals surface area contributed by atoms with Crippen molar-refractivity contribution in [1.82, 2.24) is 14.9 Å². The molecule has 0 spiro atoms. The summed E-state index contributed by atoms with van der Waals surface area (Å²) in [5, 5.41) is 14.3. The SMILES string of the molecule is COc1cccc(/C=N/Nc2nnc(SCC(=O)Nc3cccc(C(F)(F)F)c3)n2N)c1. The smallest absolute Gasteiger partial charge is 0.416 e. The molecule has 0 aliphatic heterocycles. The van der Waals surface area contributed by atoms with Crippen LogP contribution in [0.15, 0.2) is 58.8 Å². The Morgan fingerprint density at radius 3 is 2.78 bits per heavy atom. The van der Waals surface area contributed by atoms with Gasteiger partial charge in [-0.3, -0.25) is 4.79 Å². The quantitative estimate of drug-likeness (QED) is 0.202. The second-order valence-electron chi connectivity index (χ2n) is 6.24. The van der Waals surface area contributed by atoms with E-state index in [2.05, 4.69) is 26.0 Å². The number of hydrogen-bond donors (Lipinski definition) is 3. The molecule has 168 valence electrons. The molecule has 1 amide bonds. The number of thioether (sulfide) groups is 1. The van der Waals surface area contributed by atoms with Gasteiger partial charge in [0, 0.05) is 5.69 Å². The molecule has 3 aromatic rings. The normalized spacial score (nSPS) is 11.5. The van der Waals surface area contributed by atoms with Gasteiger partial charge in [-0.1, -0.05) is 30.0 Å². The van der Waals surface area contributed by atoms with Crippen molar-refractivity contribution in [1.29, 1.82) is 0 Å². The molecule has 32 heavy (non-hydrogen) atoms. The predicted molar refractivity (Wildman–Crippen MR) is 115 cm³/mol. The zero-order chi connectivity index (χ0) is 23.1. The summed E-state index contributed by atoms with van der Waals surface area (Å²) in [7, 11) is 1.56. The molecular formula is C19H18F3N7O2S. The number of aromatic nitrogens is 3. The van der Waals surface area contributed by atoms with Crippen LogP contribution in [0.25, 0.3) is 0 Å². The first-order valence-corrected chi connectivity index (χ1v) is 9.98. The first-order chi connectivity index (χ1) is 15.3. The minimum Gasteiger partial charge on any atom is -0.497 e.